The Morgan fingerprint density at radius 2 is 1.74 bits per heavy atom. The van der Waals surface area contributed by atoms with E-state index in [0.717, 1.165) is 42.2 Å². The van der Waals surface area contributed by atoms with E-state index in [9.17, 15) is 22.8 Å². The van der Waals surface area contributed by atoms with Crippen molar-refractivity contribution in [1.29, 1.82) is 0 Å². The molecule has 0 unspecified atom stereocenters. The van der Waals surface area contributed by atoms with Gasteiger partial charge >= 0.3 is 6.03 Å². The Kier molecular flexibility index (Phi) is 10.6. The molecule has 2 N–H and O–H groups in total. The topological polar surface area (TPSA) is 144 Å². The van der Waals surface area contributed by atoms with Crippen molar-refractivity contribution in [2.75, 3.05) is 63.5 Å². The van der Waals surface area contributed by atoms with Crippen LogP contribution in [0.2, 0.25) is 0 Å². The smallest absolute Gasteiger partial charge is 0.344 e. The second kappa shape index (κ2) is 15.0. The first-order valence-electron chi connectivity index (χ1n) is 17.9. The lowest BCUT2D eigenvalue weighted by molar-refractivity contribution is -0.110. The van der Waals surface area contributed by atoms with Gasteiger partial charge in [0, 0.05) is 75.2 Å². The van der Waals surface area contributed by atoms with Crippen molar-refractivity contribution in [1.82, 2.24) is 29.5 Å². The van der Waals surface area contributed by atoms with Crippen LogP contribution >= 0.6 is 0 Å². The number of anilines is 2. The fraction of sp³-hybridized carbons (Fsp3) is 0.385. The lowest BCUT2D eigenvalue weighted by Crippen LogP contribution is -2.47. The van der Waals surface area contributed by atoms with Gasteiger partial charge in [-0.05, 0) is 101 Å². The Morgan fingerprint density at radius 1 is 1.00 bits per heavy atom. The monoisotopic (exact) mass is 740 g/mol. The largest absolute Gasteiger partial charge is 0.358 e. The molecule has 0 saturated carbocycles. The van der Waals surface area contributed by atoms with Crippen molar-refractivity contribution in [3.05, 3.63) is 93.6 Å². The van der Waals surface area contributed by atoms with E-state index in [1.165, 1.54) is 28.2 Å². The summed E-state index contributed by atoms with van der Waals surface area (Å²) in [5.74, 6) is -0.455. The zero-order valence-corrected chi connectivity index (χ0v) is 32.3. The Bertz CT molecular complexity index is 2210. The third-order valence-corrected chi connectivity index (χ3v) is 12.0. The van der Waals surface area contributed by atoms with Crippen LogP contribution in [0.1, 0.15) is 63.2 Å². The second-order valence-electron chi connectivity index (χ2n) is 14.0. The van der Waals surface area contributed by atoms with Crippen LogP contribution in [0.4, 0.5) is 16.2 Å². The number of aromatic amines is 1. The van der Waals surface area contributed by atoms with Gasteiger partial charge in [-0.15, -0.1) is 0 Å². The average Bonchev–Trinajstić information content (AvgIpc) is 3.76. The van der Waals surface area contributed by atoms with Gasteiger partial charge in [0.1, 0.15) is 0 Å². The summed E-state index contributed by atoms with van der Waals surface area (Å²) >= 11 is 0. The van der Waals surface area contributed by atoms with Gasteiger partial charge in [-0.1, -0.05) is 19.1 Å². The lowest BCUT2D eigenvalue weighted by Gasteiger charge is -2.32. The summed E-state index contributed by atoms with van der Waals surface area (Å²) in [6.45, 7) is 10.7. The summed E-state index contributed by atoms with van der Waals surface area (Å²) in [4.78, 5) is 49.8. The molecule has 2 aliphatic rings. The molecule has 4 heterocycles. The minimum absolute atomic E-state index is 0.0528. The fourth-order valence-corrected chi connectivity index (χ4v) is 8.14. The van der Waals surface area contributed by atoms with Crippen molar-refractivity contribution in [2.24, 2.45) is 0 Å². The molecule has 6 rings (SSSR count). The number of piperazine rings is 1. The first-order chi connectivity index (χ1) is 25.2. The first-order valence-corrected chi connectivity index (χ1v) is 19.4. The molecule has 2 aliphatic heterocycles. The van der Waals surface area contributed by atoms with Gasteiger partial charge in [-0.3, -0.25) is 13.9 Å². The number of rotatable bonds is 10. The number of aryl methyl sites for hydroxylation is 4. The predicted molar refractivity (Wildman–Crippen MR) is 207 cm³/mol. The lowest BCUT2D eigenvalue weighted by atomic mass is 10.0. The van der Waals surface area contributed by atoms with Crippen LogP contribution < -0.4 is 9.62 Å². The highest BCUT2D eigenvalue weighted by Gasteiger charge is 2.31. The number of amides is 3. The summed E-state index contributed by atoms with van der Waals surface area (Å²) in [5.41, 5.74) is 6.90. The standard InChI is InChI=1S/C39H48N8O5S/c1-8-28-11-9-12-29(22-28)45(7)53(51,52)30-14-15-33-31(23-30)32(37(48)41-33)24-35-27(4)36(38(49)46-19-17-43(5)18-20-46)34(40-35)13-10-16-44(6)39(50)47-26(3)21-25(2)42-47/h9,11-12,14-15,21-24,40H,8,10,13,16-20H2,1-7H3,(H,41,48)/b32-24-. The van der Waals surface area contributed by atoms with E-state index in [1.807, 2.05) is 63.9 Å². The number of benzene rings is 2. The summed E-state index contributed by atoms with van der Waals surface area (Å²) in [6.07, 6.45) is 3.52. The van der Waals surface area contributed by atoms with Gasteiger partial charge < -0.3 is 25.0 Å². The van der Waals surface area contributed by atoms with Crippen molar-refractivity contribution >= 4 is 50.9 Å². The van der Waals surface area contributed by atoms with E-state index in [-0.39, 0.29) is 28.3 Å². The Labute approximate surface area is 311 Å². The van der Waals surface area contributed by atoms with Crippen LogP contribution in [-0.4, -0.2) is 110 Å². The highest BCUT2D eigenvalue weighted by Crippen LogP contribution is 2.37. The van der Waals surface area contributed by atoms with E-state index in [1.54, 1.807) is 30.2 Å². The summed E-state index contributed by atoms with van der Waals surface area (Å²) in [5, 5.41) is 7.18. The predicted octanol–water partition coefficient (Wildman–Crippen LogP) is 4.94. The number of aromatic nitrogens is 3. The molecule has 280 valence electrons. The van der Waals surface area contributed by atoms with Crippen LogP contribution in [0.25, 0.3) is 11.6 Å². The SMILES string of the molecule is CCc1cccc(N(C)S(=O)(=O)c2ccc3c(c2)/C(=C/c2[nH]c(CCCN(C)C(=O)n4nc(C)cc4C)c(C(=O)N4CCN(C)CC4)c2C)C(=O)N3)c1. The number of H-pyrrole nitrogens is 1. The molecule has 1 fully saturated rings. The van der Waals surface area contributed by atoms with Gasteiger partial charge in [-0.25, -0.2) is 13.2 Å². The molecule has 0 radical (unpaired) electrons. The Balaban J connectivity index is 1.31. The molecular weight excluding hydrogens is 693 g/mol. The minimum Gasteiger partial charge on any atom is -0.358 e. The highest BCUT2D eigenvalue weighted by molar-refractivity contribution is 7.92. The molecule has 4 aromatic rings. The summed E-state index contributed by atoms with van der Waals surface area (Å²) < 4.78 is 30.3. The molecule has 1 saturated heterocycles. The van der Waals surface area contributed by atoms with Crippen molar-refractivity contribution in [2.45, 2.75) is 51.9 Å². The number of carbonyl (C=O) groups is 3. The maximum Gasteiger partial charge on any atom is 0.344 e. The molecule has 0 spiro atoms. The van der Waals surface area contributed by atoms with E-state index in [2.05, 4.69) is 20.3 Å². The average molecular weight is 741 g/mol. The molecule has 2 aromatic carbocycles. The van der Waals surface area contributed by atoms with Crippen LogP contribution in [-0.2, 0) is 27.7 Å². The van der Waals surface area contributed by atoms with Gasteiger partial charge in [0.15, 0.2) is 0 Å². The maximum atomic E-state index is 14.1. The second-order valence-corrected chi connectivity index (χ2v) is 15.9. The quantitative estimate of drug-likeness (QED) is 0.220. The molecule has 0 aliphatic carbocycles. The van der Waals surface area contributed by atoms with E-state index in [4.69, 9.17) is 0 Å². The van der Waals surface area contributed by atoms with Gasteiger partial charge in [-0.2, -0.15) is 9.78 Å². The molecule has 0 atom stereocenters. The third kappa shape index (κ3) is 7.51. The normalized spacial score (nSPS) is 15.5. The zero-order chi connectivity index (χ0) is 38.2. The number of nitrogens with one attached hydrogen (secondary N) is 2. The number of likely N-dealkylation sites (N-methyl/N-ethyl adjacent to an activating group) is 1. The van der Waals surface area contributed by atoms with Gasteiger partial charge in [0.05, 0.1) is 27.4 Å². The Morgan fingerprint density at radius 3 is 2.42 bits per heavy atom. The van der Waals surface area contributed by atoms with Gasteiger partial charge in [0.25, 0.3) is 21.8 Å². The molecule has 2 aromatic heterocycles. The Hall–Kier alpha value is -5.21. The van der Waals surface area contributed by atoms with Crippen LogP contribution in [0.3, 0.4) is 0 Å². The number of hydrogen-bond acceptors (Lipinski definition) is 7. The van der Waals surface area contributed by atoms with Crippen molar-refractivity contribution in [3.8, 4) is 0 Å². The fourth-order valence-electron chi connectivity index (χ4n) is 6.93. The van der Waals surface area contributed by atoms with Crippen molar-refractivity contribution in [3.63, 3.8) is 0 Å². The summed E-state index contributed by atoms with van der Waals surface area (Å²) in [6, 6.07) is 13.7. The van der Waals surface area contributed by atoms with Crippen molar-refractivity contribution < 1.29 is 22.8 Å². The number of fused-ring (bicyclic) bond motifs is 1. The number of hydrogen-bond donors (Lipinski definition) is 2. The maximum absolute atomic E-state index is 14.1. The minimum atomic E-state index is -3.96. The molecule has 14 heteroatoms. The van der Waals surface area contributed by atoms with Crippen LogP contribution in [0.5, 0.6) is 0 Å². The molecule has 0 bridgehead atoms. The first kappa shape index (κ1) is 37.5. The molecule has 13 nitrogen and oxygen atoms in total. The van der Waals surface area contributed by atoms with Crippen LogP contribution in [0.15, 0.2) is 53.4 Å². The van der Waals surface area contributed by atoms with Crippen LogP contribution in [0, 0.1) is 20.8 Å². The molecular formula is C39H48N8O5S. The van der Waals surface area contributed by atoms with E-state index in [0.29, 0.717) is 66.2 Å². The summed E-state index contributed by atoms with van der Waals surface area (Å²) in [7, 11) is 1.33. The molecule has 3 amide bonds. The number of sulfonamides is 1. The zero-order valence-electron chi connectivity index (χ0n) is 31.5. The number of nitrogens with zero attached hydrogens (tertiary/aromatic N) is 6. The van der Waals surface area contributed by atoms with E-state index >= 15 is 0 Å². The van der Waals surface area contributed by atoms with Gasteiger partial charge in [0.2, 0.25) is 0 Å². The highest BCUT2D eigenvalue weighted by atomic mass is 32.2. The molecule has 53 heavy (non-hydrogen) atoms. The third-order valence-electron chi connectivity index (χ3n) is 10.2. The number of carbonyl (C=O) groups excluding carboxylic acids is 3. The van der Waals surface area contributed by atoms with E-state index < -0.39 is 10.0 Å².